The molecule has 0 aliphatic carbocycles. The fraction of sp³-hybridized carbons (Fsp3) is 0.538. The minimum Gasteiger partial charge on any atom is -0.384 e. The first kappa shape index (κ1) is 14.1. The largest absolute Gasteiger partial charge is 0.418 e. The van der Waals surface area contributed by atoms with Crippen LogP contribution in [0.15, 0.2) is 18.2 Å². The van der Waals surface area contributed by atoms with Crippen molar-refractivity contribution in [2.24, 2.45) is 5.92 Å². The van der Waals surface area contributed by atoms with Gasteiger partial charge in [-0.05, 0) is 37.0 Å². The lowest BCUT2D eigenvalue weighted by Crippen LogP contribution is -2.23. The molecule has 0 saturated carbocycles. The Morgan fingerprint density at radius 1 is 1.21 bits per heavy atom. The van der Waals surface area contributed by atoms with Crippen molar-refractivity contribution >= 4 is 5.69 Å². The number of ether oxygens (including phenoxy) is 1. The van der Waals surface area contributed by atoms with Gasteiger partial charge in [-0.15, -0.1) is 0 Å². The van der Waals surface area contributed by atoms with E-state index < -0.39 is 17.6 Å². The van der Waals surface area contributed by atoms with Crippen molar-refractivity contribution in [1.82, 2.24) is 0 Å². The lowest BCUT2D eigenvalue weighted by molar-refractivity contribution is -0.137. The molecule has 2 rings (SSSR count). The number of alkyl halides is 3. The van der Waals surface area contributed by atoms with Gasteiger partial charge in [0.05, 0.1) is 5.56 Å². The predicted octanol–water partition coefficient (Wildman–Crippen LogP) is 3.68. The summed E-state index contributed by atoms with van der Waals surface area (Å²) in [6.07, 6.45) is -2.90. The van der Waals surface area contributed by atoms with Gasteiger partial charge in [0.25, 0.3) is 0 Å². The molecule has 1 fully saturated rings. The molecule has 0 bridgehead atoms. The lowest BCUT2D eigenvalue weighted by atomic mass is 10.00. The van der Waals surface area contributed by atoms with Crippen LogP contribution in [0.25, 0.3) is 0 Å². The molecule has 0 radical (unpaired) electrons. The highest BCUT2D eigenvalue weighted by atomic mass is 19.4. The van der Waals surface area contributed by atoms with Crippen LogP contribution < -0.4 is 5.32 Å². The fourth-order valence-corrected chi connectivity index (χ4v) is 2.11. The standard InChI is InChI=1S/C13H15F4NO/c14-10-1-2-12(11(7-10)13(15,16)17)18-8-9-3-5-19-6-4-9/h1-2,7,9,18H,3-6,8H2. The van der Waals surface area contributed by atoms with Crippen molar-refractivity contribution in [2.45, 2.75) is 19.0 Å². The molecule has 1 N–H and O–H groups in total. The van der Waals surface area contributed by atoms with Crippen molar-refractivity contribution < 1.29 is 22.3 Å². The van der Waals surface area contributed by atoms with E-state index in [1.807, 2.05) is 0 Å². The zero-order valence-corrected chi connectivity index (χ0v) is 10.3. The summed E-state index contributed by atoms with van der Waals surface area (Å²) in [5.74, 6) is -0.594. The molecule has 0 atom stereocenters. The summed E-state index contributed by atoms with van der Waals surface area (Å²) in [4.78, 5) is 0. The Labute approximate surface area is 108 Å². The molecular formula is C13H15F4NO. The fourth-order valence-electron chi connectivity index (χ4n) is 2.11. The molecule has 1 aromatic carbocycles. The van der Waals surface area contributed by atoms with E-state index in [1.165, 1.54) is 0 Å². The molecule has 0 aromatic heterocycles. The minimum atomic E-state index is -4.56. The summed E-state index contributed by atoms with van der Waals surface area (Å²) < 4.78 is 56.4. The average Bonchev–Trinajstić information content (AvgIpc) is 2.37. The van der Waals surface area contributed by atoms with Crippen molar-refractivity contribution in [2.75, 3.05) is 25.1 Å². The highest BCUT2D eigenvalue weighted by Crippen LogP contribution is 2.35. The van der Waals surface area contributed by atoms with Gasteiger partial charge in [-0.2, -0.15) is 13.2 Å². The van der Waals surface area contributed by atoms with Gasteiger partial charge in [0, 0.05) is 25.4 Å². The third kappa shape index (κ3) is 3.83. The highest BCUT2D eigenvalue weighted by molar-refractivity contribution is 5.52. The van der Waals surface area contributed by atoms with E-state index in [0.29, 0.717) is 31.7 Å². The molecule has 106 valence electrons. The SMILES string of the molecule is Fc1ccc(NCC2CCOCC2)c(C(F)(F)F)c1. The second-order valence-corrected chi connectivity index (χ2v) is 4.62. The summed E-state index contributed by atoms with van der Waals surface area (Å²) in [5.41, 5.74) is -1.03. The first-order chi connectivity index (χ1) is 8.97. The Hall–Kier alpha value is -1.30. The van der Waals surface area contributed by atoms with Gasteiger partial charge < -0.3 is 10.1 Å². The van der Waals surface area contributed by atoms with Gasteiger partial charge in [-0.1, -0.05) is 0 Å². The second-order valence-electron chi connectivity index (χ2n) is 4.62. The van der Waals surface area contributed by atoms with Crippen LogP contribution in [0.4, 0.5) is 23.2 Å². The molecule has 1 saturated heterocycles. The zero-order chi connectivity index (χ0) is 13.9. The third-order valence-corrected chi connectivity index (χ3v) is 3.21. The summed E-state index contributed by atoms with van der Waals surface area (Å²) in [5, 5.41) is 2.77. The molecule has 1 heterocycles. The maximum atomic E-state index is 12.9. The smallest absolute Gasteiger partial charge is 0.384 e. The van der Waals surface area contributed by atoms with Crippen molar-refractivity contribution in [1.29, 1.82) is 0 Å². The van der Waals surface area contributed by atoms with Crippen LogP contribution >= 0.6 is 0 Å². The lowest BCUT2D eigenvalue weighted by Gasteiger charge is -2.23. The third-order valence-electron chi connectivity index (χ3n) is 3.21. The van der Waals surface area contributed by atoms with Gasteiger partial charge in [0.2, 0.25) is 0 Å². The Morgan fingerprint density at radius 3 is 2.53 bits per heavy atom. The first-order valence-corrected chi connectivity index (χ1v) is 6.15. The monoisotopic (exact) mass is 277 g/mol. The maximum absolute atomic E-state index is 12.9. The van der Waals surface area contributed by atoms with E-state index in [0.717, 1.165) is 25.0 Å². The molecule has 0 amide bonds. The summed E-state index contributed by atoms with van der Waals surface area (Å²) in [7, 11) is 0. The Morgan fingerprint density at radius 2 is 1.89 bits per heavy atom. The summed E-state index contributed by atoms with van der Waals surface area (Å²) in [6, 6.07) is 2.69. The van der Waals surface area contributed by atoms with Crippen LogP contribution in [-0.2, 0) is 10.9 Å². The van der Waals surface area contributed by atoms with Crippen molar-refractivity contribution in [3.63, 3.8) is 0 Å². The summed E-state index contributed by atoms with van der Waals surface area (Å²) in [6.45, 7) is 1.72. The molecule has 1 aliphatic rings. The zero-order valence-electron chi connectivity index (χ0n) is 10.3. The Kier molecular flexibility index (Phi) is 4.29. The summed E-state index contributed by atoms with van der Waals surface area (Å²) >= 11 is 0. The predicted molar refractivity (Wildman–Crippen MR) is 63.4 cm³/mol. The number of benzene rings is 1. The van der Waals surface area contributed by atoms with E-state index in [1.54, 1.807) is 0 Å². The van der Waals surface area contributed by atoms with E-state index in [4.69, 9.17) is 4.74 Å². The molecule has 1 aliphatic heterocycles. The molecule has 0 unspecified atom stereocenters. The first-order valence-electron chi connectivity index (χ1n) is 6.15. The Bertz CT molecular complexity index is 427. The second kappa shape index (κ2) is 5.77. The normalized spacial score (nSPS) is 17.5. The topological polar surface area (TPSA) is 21.3 Å². The van der Waals surface area contributed by atoms with Gasteiger partial charge in [0.1, 0.15) is 5.82 Å². The van der Waals surface area contributed by atoms with E-state index >= 15 is 0 Å². The van der Waals surface area contributed by atoms with E-state index in [-0.39, 0.29) is 5.69 Å². The van der Waals surface area contributed by atoms with Crippen LogP contribution in [0.2, 0.25) is 0 Å². The highest BCUT2D eigenvalue weighted by Gasteiger charge is 2.34. The number of rotatable bonds is 3. The van der Waals surface area contributed by atoms with Crippen LogP contribution in [0, 0.1) is 11.7 Å². The number of hydrogen-bond donors (Lipinski definition) is 1. The van der Waals surface area contributed by atoms with Crippen molar-refractivity contribution in [3.05, 3.63) is 29.6 Å². The molecular weight excluding hydrogens is 262 g/mol. The number of halogens is 4. The van der Waals surface area contributed by atoms with Crippen LogP contribution in [0.1, 0.15) is 18.4 Å². The van der Waals surface area contributed by atoms with Gasteiger partial charge in [-0.3, -0.25) is 0 Å². The number of nitrogens with one attached hydrogen (secondary N) is 1. The van der Waals surface area contributed by atoms with Crippen molar-refractivity contribution in [3.8, 4) is 0 Å². The number of anilines is 1. The van der Waals surface area contributed by atoms with Crippen LogP contribution in [0.5, 0.6) is 0 Å². The number of hydrogen-bond acceptors (Lipinski definition) is 2. The van der Waals surface area contributed by atoms with Crippen LogP contribution in [-0.4, -0.2) is 19.8 Å². The van der Waals surface area contributed by atoms with E-state index in [2.05, 4.69) is 5.32 Å². The van der Waals surface area contributed by atoms with E-state index in [9.17, 15) is 17.6 Å². The van der Waals surface area contributed by atoms with Gasteiger partial charge >= 0.3 is 6.18 Å². The van der Waals surface area contributed by atoms with Gasteiger partial charge in [-0.25, -0.2) is 4.39 Å². The molecule has 2 nitrogen and oxygen atoms in total. The minimum absolute atomic E-state index is 0.0691. The average molecular weight is 277 g/mol. The Balaban J connectivity index is 2.06. The quantitative estimate of drug-likeness (QED) is 0.851. The molecule has 1 aromatic rings. The van der Waals surface area contributed by atoms with Gasteiger partial charge in [0.15, 0.2) is 0 Å². The molecule has 19 heavy (non-hydrogen) atoms. The molecule has 6 heteroatoms. The van der Waals surface area contributed by atoms with Crippen LogP contribution in [0.3, 0.4) is 0 Å². The molecule has 0 spiro atoms. The maximum Gasteiger partial charge on any atom is 0.418 e.